The van der Waals surface area contributed by atoms with Gasteiger partial charge in [0.1, 0.15) is 11.2 Å². The Morgan fingerprint density at radius 1 is 1.45 bits per heavy atom. The van der Waals surface area contributed by atoms with E-state index in [1.54, 1.807) is 34.2 Å². The van der Waals surface area contributed by atoms with E-state index in [0.29, 0.717) is 43.5 Å². The van der Waals surface area contributed by atoms with Crippen LogP contribution in [0.15, 0.2) is 24.7 Å². The SMILES string of the molecule is CC(=O)NCCn1cc(Nc2nccc(N3CC[C@@](C#N)(C4CC4)C3=O)n2)cn1. The molecule has 2 amide bonds. The van der Waals surface area contributed by atoms with Crippen LogP contribution in [0.1, 0.15) is 26.2 Å². The third kappa shape index (κ3) is 3.76. The zero-order valence-corrected chi connectivity index (χ0v) is 16.1. The fourth-order valence-electron chi connectivity index (χ4n) is 3.69. The minimum absolute atomic E-state index is 0.0840. The van der Waals surface area contributed by atoms with E-state index < -0.39 is 5.41 Å². The third-order valence-electron chi connectivity index (χ3n) is 5.35. The first-order valence-corrected chi connectivity index (χ1v) is 9.62. The highest BCUT2D eigenvalue weighted by molar-refractivity contribution is 6.01. The van der Waals surface area contributed by atoms with Gasteiger partial charge in [0.25, 0.3) is 0 Å². The summed E-state index contributed by atoms with van der Waals surface area (Å²) in [5.74, 6) is 0.769. The number of carbonyl (C=O) groups excluding carboxylic acids is 2. The van der Waals surface area contributed by atoms with Gasteiger partial charge in [-0.3, -0.25) is 19.2 Å². The Hall–Kier alpha value is -3.48. The highest BCUT2D eigenvalue weighted by Gasteiger charge is 2.57. The average molecular weight is 394 g/mol. The van der Waals surface area contributed by atoms with Gasteiger partial charge in [0, 0.05) is 32.4 Å². The Balaban J connectivity index is 1.43. The van der Waals surface area contributed by atoms with Crippen molar-refractivity contribution in [1.29, 1.82) is 5.26 Å². The highest BCUT2D eigenvalue weighted by atomic mass is 16.2. The Morgan fingerprint density at radius 3 is 3.00 bits per heavy atom. The van der Waals surface area contributed by atoms with Gasteiger partial charge in [-0.2, -0.15) is 15.3 Å². The lowest BCUT2D eigenvalue weighted by Crippen LogP contribution is -2.35. The second kappa shape index (κ2) is 7.50. The monoisotopic (exact) mass is 394 g/mol. The molecule has 150 valence electrons. The number of anilines is 3. The van der Waals surface area contributed by atoms with E-state index in [4.69, 9.17) is 0 Å². The van der Waals surface area contributed by atoms with Crippen molar-refractivity contribution >= 4 is 29.3 Å². The van der Waals surface area contributed by atoms with Crippen LogP contribution in [-0.2, 0) is 16.1 Å². The van der Waals surface area contributed by atoms with Crippen molar-refractivity contribution in [3.8, 4) is 6.07 Å². The molecule has 1 aliphatic heterocycles. The molecule has 1 aliphatic carbocycles. The number of nitrogens with zero attached hydrogens (tertiary/aromatic N) is 6. The Morgan fingerprint density at radius 2 is 2.28 bits per heavy atom. The minimum Gasteiger partial charge on any atom is -0.354 e. The number of hydrogen-bond donors (Lipinski definition) is 2. The summed E-state index contributed by atoms with van der Waals surface area (Å²) < 4.78 is 1.70. The summed E-state index contributed by atoms with van der Waals surface area (Å²) in [6.45, 7) is 2.99. The lowest BCUT2D eigenvalue weighted by atomic mass is 9.83. The molecule has 2 aromatic heterocycles. The van der Waals surface area contributed by atoms with E-state index in [2.05, 4.69) is 31.8 Å². The quantitative estimate of drug-likeness (QED) is 0.722. The van der Waals surface area contributed by atoms with Gasteiger partial charge in [0.2, 0.25) is 17.8 Å². The van der Waals surface area contributed by atoms with E-state index in [1.165, 1.54) is 6.92 Å². The summed E-state index contributed by atoms with van der Waals surface area (Å²) >= 11 is 0. The molecular weight excluding hydrogens is 372 g/mol. The van der Waals surface area contributed by atoms with E-state index in [1.807, 2.05) is 0 Å². The Kier molecular flexibility index (Phi) is 4.88. The fraction of sp³-hybridized carbons (Fsp3) is 0.474. The number of aromatic nitrogens is 4. The second-order valence-corrected chi connectivity index (χ2v) is 7.40. The van der Waals surface area contributed by atoms with Crippen LogP contribution < -0.4 is 15.5 Å². The van der Waals surface area contributed by atoms with Gasteiger partial charge in [0.15, 0.2) is 0 Å². The van der Waals surface area contributed by atoms with Crippen molar-refractivity contribution in [2.75, 3.05) is 23.3 Å². The molecule has 0 aromatic carbocycles. The summed E-state index contributed by atoms with van der Waals surface area (Å²) in [5.41, 5.74) is -0.199. The molecule has 2 aliphatic rings. The normalized spacial score (nSPS) is 21.1. The van der Waals surface area contributed by atoms with Crippen molar-refractivity contribution in [1.82, 2.24) is 25.1 Å². The fourth-order valence-corrected chi connectivity index (χ4v) is 3.69. The number of nitrogens with one attached hydrogen (secondary N) is 2. The number of nitriles is 1. The molecule has 2 aromatic rings. The van der Waals surface area contributed by atoms with Crippen molar-refractivity contribution < 1.29 is 9.59 Å². The smallest absolute Gasteiger partial charge is 0.248 e. The molecule has 2 N–H and O–H groups in total. The minimum atomic E-state index is -0.895. The molecule has 0 radical (unpaired) electrons. The third-order valence-corrected chi connectivity index (χ3v) is 5.35. The Bertz CT molecular complexity index is 977. The number of amides is 2. The molecule has 29 heavy (non-hydrogen) atoms. The van der Waals surface area contributed by atoms with Crippen LogP contribution in [0.3, 0.4) is 0 Å². The van der Waals surface area contributed by atoms with Gasteiger partial charge in [-0.1, -0.05) is 0 Å². The molecule has 3 heterocycles. The van der Waals surface area contributed by atoms with Gasteiger partial charge in [-0.05, 0) is 31.2 Å². The molecule has 0 unspecified atom stereocenters. The maximum atomic E-state index is 12.9. The molecule has 0 bridgehead atoms. The highest BCUT2D eigenvalue weighted by Crippen LogP contribution is 2.51. The first-order valence-electron chi connectivity index (χ1n) is 9.62. The topological polar surface area (TPSA) is 129 Å². The van der Waals surface area contributed by atoms with E-state index in [0.717, 1.165) is 12.8 Å². The first kappa shape index (κ1) is 18.9. The Labute approximate surface area is 167 Å². The molecule has 10 heteroatoms. The summed E-state index contributed by atoms with van der Waals surface area (Å²) in [7, 11) is 0. The lowest BCUT2D eigenvalue weighted by Gasteiger charge is -2.20. The first-order chi connectivity index (χ1) is 14.0. The van der Waals surface area contributed by atoms with Gasteiger partial charge in [0.05, 0.1) is 24.5 Å². The van der Waals surface area contributed by atoms with Crippen LogP contribution in [-0.4, -0.2) is 44.7 Å². The summed E-state index contributed by atoms with van der Waals surface area (Å²) in [6, 6.07) is 3.96. The van der Waals surface area contributed by atoms with Crippen molar-refractivity contribution in [3.63, 3.8) is 0 Å². The van der Waals surface area contributed by atoms with Crippen LogP contribution in [0.5, 0.6) is 0 Å². The lowest BCUT2D eigenvalue weighted by molar-refractivity contribution is -0.124. The zero-order valence-electron chi connectivity index (χ0n) is 16.1. The molecule has 4 rings (SSSR count). The standard InChI is InChI=1S/C19H22N8O2/c1-13(28)21-7-9-26-11-15(10-23-26)24-18-22-6-4-16(25-18)27-8-5-19(12-20,17(27)29)14-2-3-14/h4,6,10-11,14H,2-3,5,7-9H2,1H3,(H,21,28)(H,22,24,25)/t19-/m1/s1. The molecule has 0 spiro atoms. The predicted octanol–water partition coefficient (Wildman–Crippen LogP) is 1.21. The molecule has 10 nitrogen and oxygen atoms in total. The van der Waals surface area contributed by atoms with Crippen molar-refractivity contribution in [2.24, 2.45) is 11.3 Å². The van der Waals surface area contributed by atoms with E-state index >= 15 is 0 Å². The van der Waals surface area contributed by atoms with Crippen LogP contribution in [0.2, 0.25) is 0 Å². The molecule has 1 saturated heterocycles. The molecule has 1 saturated carbocycles. The van der Waals surface area contributed by atoms with Crippen LogP contribution in [0, 0.1) is 22.7 Å². The van der Waals surface area contributed by atoms with Crippen LogP contribution in [0.25, 0.3) is 0 Å². The summed E-state index contributed by atoms with van der Waals surface area (Å²) in [4.78, 5) is 34.1. The molecular formula is C19H22N8O2. The van der Waals surface area contributed by atoms with Crippen LogP contribution >= 0.6 is 0 Å². The van der Waals surface area contributed by atoms with E-state index in [-0.39, 0.29) is 17.7 Å². The molecule has 2 fully saturated rings. The maximum absolute atomic E-state index is 12.9. The average Bonchev–Trinajstić information content (AvgIpc) is 3.38. The zero-order chi connectivity index (χ0) is 20.4. The van der Waals surface area contributed by atoms with E-state index in [9.17, 15) is 14.9 Å². The summed E-state index contributed by atoms with van der Waals surface area (Å²) in [6.07, 6.45) is 7.43. The number of hydrogen-bond acceptors (Lipinski definition) is 7. The van der Waals surface area contributed by atoms with Gasteiger partial charge >= 0.3 is 0 Å². The van der Waals surface area contributed by atoms with Gasteiger partial charge in [-0.15, -0.1) is 0 Å². The molecule has 1 atom stereocenters. The number of carbonyl (C=O) groups is 2. The van der Waals surface area contributed by atoms with Gasteiger partial charge in [-0.25, -0.2) is 4.98 Å². The number of rotatable bonds is 7. The predicted molar refractivity (Wildman–Crippen MR) is 104 cm³/mol. The largest absolute Gasteiger partial charge is 0.354 e. The summed E-state index contributed by atoms with van der Waals surface area (Å²) in [5, 5.41) is 19.6. The van der Waals surface area contributed by atoms with Crippen molar-refractivity contribution in [2.45, 2.75) is 32.7 Å². The maximum Gasteiger partial charge on any atom is 0.248 e. The van der Waals surface area contributed by atoms with Crippen LogP contribution in [0.4, 0.5) is 17.5 Å². The van der Waals surface area contributed by atoms with Crippen molar-refractivity contribution in [3.05, 3.63) is 24.7 Å². The van der Waals surface area contributed by atoms with Gasteiger partial charge < -0.3 is 10.6 Å². The second-order valence-electron chi connectivity index (χ2n) is 7.40.